The van der Waals surface area contributed by atoms with Crippen LogP contribution in [0.1, 0.15) is 44.1 Å². The molecule has 1 aromatic rings. The first-order chi connectivity index (χ1) is 12.8. The number of hydrogen-bond acceptors (Lipinski definition) is 4. The molecule has 0 radical (unpaired) electrons. The van der Waals surface area contributed by atoms with Crippen molar-refractivity contribution in [2.75, 3.05) is 26.8 Å². The van der Waals surface area contributed by atoms with Crippen LogP contribution in [0.2, 0.25) is 0 Å². The molecule has 1 aromatic carbocycles. The second kappa shape index (κ2) is 6.81. The fourth-order valence-electron chi connectivity index (χ4n) is 6.08. The number of para-hydroxylation sites is 1. The summed E-state index contributed by atoms with van der Waals surface area (Å²) in [7, 11) is 1.77. The van der Waals surface area contributed by atoms with E-state index >= 15 is 0 Å². The van der Waals surface area contributed by atoms with Crippen molar-refractivity contribution >= 4 is 0 Å². The van der Waals surface area contributed by atoms with E-state index in [2.05, 4.69) is 28.4 Å². The second-order valence-corrected chi connectivity index (χ2v) is 8.84. The van der Waals surface area contributed by atoms with Gasteiger partial charge in [-0.25, -0.2) is 0 Å². The molecule has 1 spiro atoms. The van der Waals surface area contributed by atoms with Crippen LogP contribution in [0.4, 0.5) is 0 Å². The molecule has 5 rings (SSSR count). The van der Waals surface area contributed by atoms with E-state index in [0.29, 0.717) is 17.6 Å². The smallest absolute Gasteiger partial charge is 0.123 e. The molecule has 3 atom stereocenters. The zero-order chi connectivity index (χ0) is 17.6. The van der Waals surface area contributed by atoms with Gasteiger partial charge in [-0.1, -0.05) is 24.6 Å². The minimum Gasteiger partial charge on any atom is -0.496 e. The molecular formula is C22H32N2O2. The third kappa shape index (κ3) is 2.69. The molecule has 4 aliphatic rings. The van der Waals surface area contributed by atoms with Gasteiger partial charge in [0.15, 0.2) is 0 Å². The number of methoxy groups -OCH3 is 1. The van der Waals surface area contributed by atoms with E-state index in [1.807, 2.05) is 6.07 Å². The Balaban J connectivity index is 1.15. The number of likely N-dealkylation sites (tertiary alicyclic amines) is 1. The molecular weight excluding hydrogens is 324 g/mol. The van der Waals surface area contributed by atoms with Gasteiger partial charge in [-0.2, -0.15) is 0 Å². The van der Waals surface area contributed by atoms with Gasteiger partial charge in [0.1, 0.15) is 5.75 Å². The number of nitrogens with one attached hydrogen (secondary N) is 1. The highest BCUT2D eigenvalue weighted by Gasteiger charge is 2.66. The van der Waals surface area contributed by atoms with Crippen LogP contribution in [0, 0.1) is 11.3 Å². The molecule has 4 heteroatoms. The van der Waals surface area contributed by atoms with Gasteiger partial charge in [0.25, 0.3) is 0 Å². The summed E-state index contributed by atoms with van der Waals surface area (Å²) < 4.78 is 11.6. The Bertz CT molecular complexity index is 637. The average molecular weight is 357 g/mol. The normalized spacial score (nSPS) is 33.5. The summed E-state index contributed by atoms with van der Waals surface area (Å²) in [6.45, 7) is 4.36. The Labute approximate surface area is 157 Å². The first-order valence-electron chi connectivity index (χ1n) is 10.5. The third-order valence-corrected chi connectivity index (χ3v) is 7.63. The highest BCUT2D eigenvalue weighted by atomic mass is 16.5. The summed E-state index contributed by atoms with van der Waals surface area (Å²) in [5, 5.41) is 4.10. The highest BCUT2D eigenvalue weighted by Crippen LogP contribution is 2.63. The molecule has 4 nitrogen and oxygen atoms in total. The van der Waals surface area contributed by atoms with E-state index in [4.69, 9.17) is 9.47 Å². The lowest BCUT2D eigenvalue weighted by atomic mass is 9.46. The molecule has 2 saturated carbocycles. The van der Waals surface area contributed by atoms with Crippen molar-refractivity contribution in [3.63, 3.8) is 0 Å². The van der Waals surface area contributed by atoms with E-state index in [1.165, 1.54) is 57.2 Å². The lowest BCUT2D eigenvalue weighted by Gasteiger charge is -2.64. The van der Waals surface area contributed by atoms with Crippen LogP contribution in [-0.4, -0.2) is 49.9 Å². The molecule has 2 saturated heterocycles. The van der Waals surface area contributed by atoms with Crippen molar-refractivity contribution in [1.29, 1.82) is 0 Å². The summed E-state index contributed by atoms with van der Waals surface area (Å²) >= 11 is 0. The molecule has 0 amide bonds. The van der Waals surface area contributed by atoms with Crippen molar-refractivity contribution in [2.45, 2.75) is 63.3 Å². The SMILES string of the molecule is COc1ccccc1CN1CCC(N[C@@H]2[C@@H]3CCO[C@H]3C23CCC3)CC1. The van der Waals surface area contributed by atoms with E-state index < -0.39 is 0 Å². The summed E-state index contributed by atoms with van der Waals surface area (Å²) in [5.74, 6) is 1.81. The molecule has 0 unspecified atom stereocenters. The van der Waals surface area contributed by atoms with Crippen LogP contribution >= 0.6 is 0 Å². The zero-order valence-electron chi connectivity index (χ0n) is 16.0. The number of benzene rings is 1. The van der Waals surface area contributed by atoms with Gasteiger partial charge in [-0.15, -0.1) is 0 Å². The van der Waals surface area contributed by atoms with E-state index in [0.717, 1.165) is 30.9 Å². The molecule has 2 heterocycles. The number of nitrogens with zero attached hydrogens (tertiary/aromatic N) is 1. The maximum absolute atomic E-state index is 6.07. The Morgan fingerprint density at radius 1 is 1.19 bits per heavy atom. The van der Waals surface area contributed by atoms with Crippen molar-refractivity contribution in [3.05, 3.63) is 29.8 Å². The first kappa shape index (κ1) is 17.0. The number of ether oxygens (including phenoxy) is 2. The highest BCUT2D eigenvalue weighted by molar-refractivity contribution is 5.33. The van der Waals surface area contributed by atoms with E-state index in [-0.39, 0.29) is 0 Å². The number of fused-ring (bicyclic) bond motifs is 2. The third-order valence-electron chi connectivity index (χ3n) is 7.63. The first-order valence-corrected chi connectivity index (χ1v) is 10.5. The van der Waals surface area contributed by atoms with E-state index in [9.17, 15) is 0 Å². The monoisotopic (exact) mass is 356 g/mol. The van der Waals surface area contributed by atoms with Gasteiger partial charge in [0.05, 0.1) is 13.2 Å². The van der Waals surface area contributed by atoms with Gasteiger partial charge in [-0.05, 0) is 51.3 Å². The second-order valence-electron chi connectivity index (χ2n) is 8.84. The molecule has 2 aliphatic carbocycles. The van der Waals surface area contributed by atoms with Crippen molar-refractivity contribution < 1.29 is 9.47 Å². The Morgan fingerprint density at radius 3 is 2.73 bits per heavy atom. The molecule has 0 bridgehead atoms. The Kier molecular flexibility index (Phi) is 4.46. The van der Waals surface area contributed by atoms with Crippen molar-refractivity contribution in [1.82, 2.24) is 10.2 Å². The molecule has 26 heavy (non-hydrogen) atoms. The van der Waals surface area contributed by atoms with Gasteiger partial charge in [0, 0.05) is 42.1 Å². The topological polar surface area (TPSA) is 33.7 Å². The minimum absolute atomic E-state index is 0.510. The van der Waals surface area contributed by atoms with Gasteiger partial charge >= 0.3 is 0 Å². The largest absolute Gasteiger partial charge is 0.496 e. The van der Waals surface area contributed by atoms with Crippen molar-refractivity contribution in [3.8, 4) is 5.75 Å². The molecule has 1 N–H and O–H groups in total. The standard InChI is InChI=1S/C22H32N2O2/c1-25-19-6-3-2-5-16(19)15-24-12-7-17(8-13-24)23-20-18-9-14-26-21(18)22(20)10-4-11-22/h2-3,5-6,17-18,20-21,23H,4,7-15H2,1H3/t18-,20+,21+/m0/s1. The molecule has 2 aliphatic heterocycles. The molecule has 0 aromatic heterocycles. The summed E-state index contributed by atoms with van der Waals surface area (Å²) in [6, 6.07) is 9.84. The summed E-state index contributed by atoms with van der Waals surface area (Å²) in [6.07, 6.45) is 8.56. The quantitative estimate of drug-likeness (QED) is 0.878. The molecule has 142 valence electrons. The van der Waals surface area contributed by atoms with Crippen LogP contribution in [0.25, 0.3) is 0 Å². The number of rotatable bonds is 5. The number of hydrogen-bond donors (Lipinski definition) is 1. The van der Waals surface area contributed by atoms with Crippen LogP contribution < -0.4 is 10.1 Å². The van der Waals surface area contributed by atoms with Crippen LogP contribution in [0.15, 0.2) is 24.3 Å². The van der Waals surface area contributed by atoms with Crippen LogP contribution in [0.3, 0.4) is 0 Å². The lowest BCUT2D eigenvalue weighted by molar-refractivity contribution is -0.179. The fourth-order valence-corrected chi connectivity index (χ4v) is 6.08. The Morgan fingerprint density at radius 2 is 2.00 bits per heavy atom. The Hall–Kier alpha value is -1.10. The maximum Gasteiger partial charge on any atom is 0.123 e. The van der Waals surface area contributed by atoms with Crippen molar-refractivity contribution in [2.24, 2.45) is 11.3 Å². The summed E-state index contributed by atoms with van der Waals surface area (Å²) in [4.78, 5) is 2.58. The predicted octanol–water partition coefficient (Wildman–Crippen LogP) is 3.21. The van der Waals surface area contributed by atoms with E-state index in [1.54, 1.807) is 7.11 Å². The van der Waals surface area contributed by atoms with Crippen LogP contribution in [-0.2, 0) is 11.3 Å². The summed E-state index contributed by atoms with van der Waals surface area (Å²) in [5.41, 5.74) is 1.81. The van der Waals surface area contributed by atoms with Gasteiger partial charge in [-0.3, -0.25) is 4.90 Å². The molecule has 4 fully saturated rings. The predicted molar refractivity (Wildman–Crippen MR) is 102 cm³/mol. The number of piperidine rings is 1. The zero-order valence-corrected chi connectivity index (χ0v) is 16.0. The average Bonchev–Trinajstić information content (AvgIpc) is 3.05. The van der Waals surface area contributed by atoms with Gasteiger partial charge in [0.2, 0.25) is 0 Å². The fraction of sp³-hybridized carbons (Fsp3) is 0.727. The maximum atomic E-state index is 6.07. The van der Waals surface area contributed by atoms with Crippen LogP contribution in [0.5, 0.6) is 5.75 Å². The van der Waals surface area contributed by atoms with Gasteiger partial charge < -0.3 is 14.8 Å². The lowest BCUT2D eigenvalue weighted by Crippen LogP contribution is -2.72. The minimum atomic E-state index is 0.510.